The van der Waals surface area contributed by atoms with E-state index in [-0.39, 0.29) is 11.5 Å². The summed E-state index contributed by atoms with van der Waals surface area (Å²) in [6.07, 6.45) is 2.34. The quantitative estimate of drug-likeness (QED) is 0.744. The fourth-order valence-electron chi connectivity index (χ4n) is 3.38. The van der Waals surface area contributed by atoms with Gasteiger partial charge in [-0.05, 0) is 18.9 Å². The van der Waals surface area contributed by atoms with Crippen LogP contribution in [0.5, 0.6) is 0 Å². The third-order valence-corrected chi connectivity index (χ3v) is 4.78. The number of H-pyrrole nitrogens is 2. The molecular weight excluding hydrogens is 342 g/mol. The highest BCUT2D eigenvalue weighted by Gasteiger charge is 2.26. The summed E-state index contributed by atoms with van der Waals surface area (Å²) in [5.74, 6) is 0.390. The van der Waals surface area contributed by atoms with Gasteiger partial charge in [-0.25, -0.2) is 4.98 Å². The average Bonchev–Trinajstić information content (AvgIpc) is 3.16. The summed E-state index contributed by atoms with van der Waals surface area (Å²) < 4.78 is 0. The van der Waals surface area contributed by atoms with Crippen molar-refractivity contribution < 1.29 is 4.79 Å². The first-order chi connectivity index (χ1) is 13.2. The lowest BCUT2D eigenvalue weighted by Crippen LogP contribution is -2.39. The summed E-state index contributed by atoms with van der Waals surface area (Å²) in [4.78, 5) is 34.4. The Labute approximate surface area is 156 Å². The van der Waals surface area contributed by atoms with Crippen molar-refractivity contribution in [3.05, 3.63) is 69.4 Å². The number of hydrogen-bond acceptors (Lipinski definition) is 4. The van der Waals surface area contributed by atoms with Crippen LogP contribution >= 0.6 is 0 Å². The van der Waals surface area contributed by atoms with Gasteiger partial charge < -0.3 is 9.88 Å². The number of amides is 1. The van der Waals surface area contributed by atoms with Crippen molar-refractivity contribution >= 4 is 5.91 Å². The standard InChI is InChI=1S/C20H21N5O2/c1-2-6-14-11-16(24-23-14)20(27)25-10-9-15-17(12-25)21-18(22-19(15)26)13-7-4-3-5-8-13/h3-5,7-8,11H,2,6,9-10,12H2,1H3,(H,23,24)(H,21,22,26). The maximum atomic E-state index is 12.8. The SMILES string of the molecule is CCCc1cc(C(=O)N2CCc3c(nc(-c4ccccc4)[nH]c3=O)C2)n[nH]1. The van der Waals surface area contributed by atoms with Gasteiger partial charge in [-0.2, -0.15) is 5.10 Å². The molecule has 0 bridgehead atoms. The molecule has 1 aliphatic rings. The Bertz CT molecular complexity index is 1020. The molecule has 0 atom stereocenters. The number of aryl methyl sites for hydroxylation is 1. The number of fused-ring (bicyclic) bond motifs is 1. The minimum atomic E-state index is -0.136. The maximum Gasteiger partial charge on any atom is 0.274 e. The Kier molecular flexibility index (Phi) is 4.58. The van der Waals surface area contributed by atoms with Crippen molar-refractivity contribution in [2.45, 2.75) is 32.7 Å². The molecule has 1 aromatic carbocycles. The molecule has 0 saturated heterocycles. The maximum absolute atomic E-state index is 12.8. The van der Waals surface area contributed by atoms with Gasteiger partial charge in [-0.15, -0.1) is 0 Å². The lowest BCUT2D eigenvalue weighted by Gasteiger charge is -2.27. The van der Waals surface area contributed by atoms with E-state index in [9.17, 15) is 9.59 Å². The molecule has 0 saturated carbocycles. The second-order valence-corrected chi connectivity index (χ2v) is 6.71. The number of aromatic amines is 2. The molecule has 3 heterocycles. The molecule has 0 spiro atoms. The predicted octanol–water partition coefficient (Wildman–Crippen LogP) is 2.31. The zero-order valence-corrected chi connectivity index (χ0v) is 15.2. The molecule has 1 amide bonds. The summed E-state index contributed by atoms with van der Waals surface area (Å²) in [5.41, 5.74) is 3.40. The second kappa shape index (κ2) is 7.19. The van der Waals surface area contributed by atoms with Crippen LogP contribution in [0.3, 0.4) is 0 Å². The molecule has 0 unspecified atom stereocenters. The van der Waals surface area contributed by atoms with E-state index < -0.39 is 0 Å². The van der Waals surface area contributed by atoms with E-state index in [1.165, 1.54) is 0 Å². The molecule has 2 aromatic heterocycles. The number of nitrogens with zero attached hydrogens (tertiary/aromatic N) is 3. The van der Waals surface area contributed by atoms with E-state index in [1.54, 1.807) is 4.90 Å². The fourth-order valence-corrected chi connectivity index (χ4v) is 3.38. The van der Waals surface area contributed by atoms with Crippen molar-refractivity contribution in [1.82, 2.24) is 25.1 Å². The first kappa shape index (κ1) is 17.2. The van der Waals surface area contributed by atoms with Crippen molar-refractivity contribution in [3.8, 4) is 11.4 Å². The van der Waals surface area contributed by atoms with Crippen LogP contribution in [-0.2, 0) is 19.4 Å². The molecule has 138 valence electrons. The summed E-state index contributed by atoms with van der Waals surface area (Å²) >= 11 is 0. The third-order valence-electron chi connectivity index (χ3n) is 4.78. The number of aromatic nitrogens is 4. The molecule has 4 rings (SSSR count). The van der Waals surface area contributed by atoms with Crippen LogP contribution in [0.1, 0.15) is 40.8 Å². The van der Waals surface area contributed by atoms with Crippen LogP contribution in [-0.4, -0.2) is 37.5 Å². The number of benzene rings is 1. The van der Waals surface area contributed by atoms with Crippen LogP contribution in [0.25, 0.3) is 11.4 Å². The van der Waals surface area contributed by atoms with Gasteiger partial charge in [-0.3, -0.25) is 14.7 Å². The fraction of sp³-hybridized carbons (Fsp3) is 0.300. The van der Waals surface area contributed by atoms with Crippen molar-refractivity contribution in [3.63, 3.8) is 0 Å². The van der Waals surface area contributed by atoms with Crippen LogP contribution in [0.2, 0.25) is 0 Å². The highest BCUT2D eigenvalue weighted by molar-refractivity contribution is 5.92. The molecule has 7 nitrogen and oxygen atoms in total. The molecule has 3 aromatic rings. The topological polar surface area (TPSA) is 94.7 Å². The number of rotatable bonds is 4. The minimum absolute atomic E-state index is 0.129. The Morgan fingerprint density at radius 3 is 2.85 bits per heavy atom. The van der Waals surface area contributed by atoms with Gasteiger partial charge in [-0.1, -0.05) is 43.7 Å². The predicted molar refractivity (Wildman–Crippen MR) is 101 cm³/mol. The zero-order valence-electron chi connectivity index (χ0n) is 15.2. The van der Waals surface area contributed by atoms with Crippen molar-refractivity contribution in [2.24, 2.45) is 0 Å². The molecule has 7 heteroatoms. The van der Waals surface area contributed by atoms with E-state index in [0.717, 1.165) is 24.1 Å². The average molecular weight is 363 g/mol. The molecule has 27 heavy (non-hydrogen) atoms. The van der Waals surface area contributed by atoms with E-state index in [1.807, 2.05) is 36.4 Å². The molecule has 1 aliphatic heterocycles. The van der Waals surface area contributed by atoms with E-state index >= 15 is 0 Å². The number of hydrogen-bond donors (Lipinski definition) is 2. The Hall–Kier alpha value is -3.22. The lowest BCUT2D eigenvalue weighted by molar-refractivity contribution is 0.0725. The Morgan fingerprint density at radius 2 is 2.07 bits per heavy atom. The normalized spacial score (nSPS) is 13.4. The third kappa shape index (κ3) is 3.40. The lowest BCUT2D eigenvalue weighted by atomic mass is 10.1. The van der Waals surface area contributed by atoms with Gasteiger partial charge in [0.2, 0.25) is 0 Å². The van der Waals surface area contributed by atoms with E-state index in [4.69, 9.17) is 0 Å². The molecule has 0 aliphatic carbocycles. The first-order valence-corrected chi connectivity index (χ1v) is 9.16. The van der Waals surface area contributed by atoms with E-state index in [2.05, 4.69) is 27.1 Å². The van der Waals surface area contributed by atoms with Crippen LogP contribution in [0, 0.1) is 0 Å². The van der Waals surface area contributed by atoms with Gasteiger partial charge in [0, 0.05) is 23.4 Å². The van der Waals surface area contributed by atoms with Gasteiger partial charge in [0.15, 0.2) is 0 Å². The zero-order chi connectivity index (χ0) is 18.8. The van der Waals surface area contributed by atoms with Gasteiger partial charge in [0.25, 0.3) is 11.5 Å². The molecule has 0 radical (unpaired) electrons. The largest absolute Gasteiger partial charge is 0.331 e. The van der Waals surface area contributed by atoms with Crippen molar-refractivity contribution in [2.75, 3.05) is 6.54 Å². The monoisotopic (exact) mass is 363 g/mol. The van der Waals surface area contributed by atoms with Gasteiger partial charge in [0.1, 0.15) is 11.5 Å². The first-order valence-electron chi connectivity index (χ1n) is 9.16. The minimum Gasteiger partial charge on any atom is -0.331 e. The van der Waals surface area contributed by atoms with Crippen LogP contribution in [0.15, 0.2) is 41.2 Å². The van der Waals surface area contributed by atoms with Gasteiger partial charge >= 0.3 is 0 Å². The smallest absolute Gasteiger partial charge is 0.274 e. The van der Waals surface area contributed by atoms with Crippen LogP contribution < -0.4 is 5.56 Å². The second-order valence-electron chi connectivity index (χ2n) is 6.71. The van der Waals surface area contributed by atoms with Crippen molar-refractivity contribution in [1.29, 1.82) is 0 Å². The van der Waals surface area contributed by atoms with E-state index in [0.29, 0.717) is 42.3 Å². The highest BCUT2D eigenvalue weighted by atomic mass is 16.2. The Morgan fingerprint density at radius 1 is 1.26 bits per heavy atom. The molecule has 0 fully saturated rings. The number of carbonyl (C=O) groups excluding carboxylic acids is 1. The molecular formula is C20H21N5O2. The summed E-state index contributed by atoms with van der Waals surface area (Å²) in [6.45, 7) is 2.88. The summed E-state index contributed by atoms with van der Waals surface area (Å²) in [7, 11) is 0. The van der Waals surface area contributed by atoms with Gasteiger partial charge in [0.05, 0.1) is 12.2 Å². The molecule has 2 N–H and O–H groups in total. The Balaban J connectivity index is 1.61. The summed E-state index contributed by atoms with van der Waals surface area (Å²) in [6, 6.07) is 11.3. The summed E-state index contributed by atoms with van der Waals surface area (Å²) in [5, 5.41) is 7.06. The number of nitrogens with one attached hydrogen (secondary N) is 2. The van der Waals surface area contributed by atoms with Crippen LogP contribution in [0.4, 0.5) is 0 Å². The highest BCUT2D eigenvalue weighted by Crippen LogP contribution is 2.20. The number of carbonyl (C=O) groups is 1.